The molecule has 0 unspecified atom stereocenters. The number of nitrogens with one attached hydrogen (secondary N) is 1. The lowest BCUT2D eigenvalue weighted by Crippen LogP contribution is -2.44. The first-order valence-electron chi connectivity index (χ1n) is 7.21. The lowest BCUT2D eigenvalue weighted by Gasteiger charge is -2.37. The van der Waals surface area contributed by atoms with Crippen molar-refractivity contribution in [1.29, 1.82) is 0 Å². The van der Waals surface area contributed by atoms with Crippen LogP contribution in [0.3, 0.4) is 0 Å². The van der Waals surface area contributed by atoms with Crippen molar-refractivity contribution in [3.63, 3.8) is 0 Å². The van der Waals surface area contributed by atoms with Gasteiger partial charge in [0.25, 0.3) is 0 Å². The van der Waals surface area contributed by atoms with Crippen LogP contribution in [-0.2, 0) is 0 Å². The molecule has 0 atom stereocenters. The maximum Gasteiger partial charge on any atom is 0.0558 e. The van der Waals surface area contributed by atoms with E-state index in [9.17, 15) is 0 Å². The van der Waals surface area contributed by atoms with Gasteiger partial charge < -0.3 is 15.3 Å². The second-order valence-electron chi connectivity index (χ2n) is 4.98. The van der Waals surface area contributed by atoms with Crippen LogP contribution >= 0.6 is 0 Å². The Labute approximate surface area is 108 Å². The molecule has 0 aliphatic carbocycles. The van der Waals surface area contributed by atoms with Crippen LogP contribution in [0.1, 0.15) is 47.0 Å². The number of hydrogen-bond donors (Lipinski definition) is 2. The summed E-state index contributed by atoms with van der Waals surface area (Å²) in [6, 6.07) is 0. The van der Waals surface area contributed by atoms with Gasteiger partial charge in [0.05, 0.1) is 6.61 Å². The molecule has 3 heteroatoms. The highest BCUT2D eigenvalue weighted by Gasteiger charge is 2.27. The van der Waals surface area contributed by atoms with Gasteiger partial charge in [-0.05, 0) is 37.8 Å². The second kappa shape index (κ2) is 9.86. The van der Waals surface area contributed by atoms with Crippen LogP contribution in [0.5, 0.6) is 0 Å². The summed E-state index contributed by atoms with van der Waals surface area (Å²) in [7, 11) is 0. The third kappa shape index (κ3) is 6.39. The summed E-state index contributed by atoms with van der Waals surface area (Å²) in [5.41, 5.74) is 0.361. The zero-order chi connectivity index (χ0) is 13.1. The van der Waals surface area contributed by atoms with Crippen LogP contribution in [0.15, 0.2) is 0 Å². The zero-order valence-corrected chi connectivity index (χ0v) is 12.3. The standard InChI is InChI=1S/C14H32N2O/c1-5-9-15-12-14(6-2,7-3)13-16(8-4)10-11-17/h15,17H,5-13H2,1-4H3. The summed E-state index contributed by atoms with van der Waals surface area (Å²) in [4.78, 5) is 2.36. The Bertz CT molecular complexity index is 170. The van der Waals surface area contributed by atoms with E-state index in [1.807, 2.05) is 0 Å². The first-order valence-corrected chi connectivity index (χ1v) is 7.21. The highest BCUT2D eigenvalue weighted by atomic mass is 16.3. The van der Waals surface area contributed by atoms with E-state index in [1.54, 1.807) is 0 Å². The summed E-state index contributed by atoms with van der Waals surface area (Å²) >= 11 is 0. The fraction of sp³-hybridized carbons (Fsp3) is 1.00. The van der Waals surface area contributed by atoms with E-state index in [4.69, 9.17) is 5.11 Å². The molecule has 0 spiro atoms. The average Bonchev–Trinajstić information content (AvgIpc) is 2.37. The van der Waals surface area contributed by atoms with Crippen molar-refractivity contribution in [2.75, 3.05) is 39.3 Å². The van der Waals surface area contributed by atoms with Crippen LogP contribution in [0.25, 0.3) is 0 Å². The molecule has 0 aromatic rings. The number of rotatable bonds is 11. The van der Waals surface area contributed by atoms with Crippen molar-refractivity contribution in [2.24, 2.45) is 5.41 Å². The van der Waals surface area contributed by atoms with E-state index in [1.165, 1.54) is 19.3 Å². The molecular formula is C14H32N2O. The third-order valence-corrected chi connectivity index (χ3v) is 3.85. The minimum atomic E-state index is 0.264. The summed E-state index contributed by atoms with van der Waals surface area (Å²) in [5, 5.41) is 12.6. The Kier molecular flexibility index (Phi) is 9.79. The first-order chi connectivity index (χ1) is 8.17. The lowest BCUT2D eigenvalue weighted by atomic mass is 9.81. The molecule has 0 aromatic heterocycles. The average molecular weight is 244 g/mol. The van der Waals surface area contributed by atoms with E-state index in [0.717, 1.165) is 32.7 Å². The Morgan fingerprint density at radius 1 is 1.12 bits per heavy atom. The van der Waals surface area contributed by atoms with Crippen LogP contribution in [0.2, 0.25) is 0 Å². The number of aliphatic hydroxyl groups is 1. The number of nitrogens with zero attached hydrogens (tertiary/aromatic N) is 1. The van der Waals surface area contributed by atoms with Gasteiger partial charge in [0.15, 0.2) is 0 Å². The molecule has 0 rings (SSSR count). The van der Waals surface area contributed by atoms with Gasteiger partial charge in [-0.2, -0.15) is 0 Å². The monoisotopic (exact) mass is 244 g/mol. The Morgan fingerprint density at radius 2 is 1.76 bits per heavy atom. The van der Waals surface area contributed by atoms with Crippen LogP contribution in [0.4, 0.5) is 0 Å². The van der Waals surface area contributed by atoms with Gasteiger partial charge >= 0.3 is 0 Å². The summed E-state index contributed by atoms with van der Waals surface area (Å²) in [6.07, 6.45) is 3.59. The molecule has 0 aliphatic rings. The van der Waals surface area contributed by atoms with Gasteiger partial charge in [0, 0.05) is 19.6 Å². The van der Waals surface area contributed by atoms with E-state index in [-0.39, 0.29) is 6.61 Å². The van der Waals surface area contributed by atoms with Gasteiger partial charge in [0.2, 0.25) is 0 Å². The molecule has 0 saturated carbocycles. The molecule has 17 heavy (non-hydrogen) atoms. The normalized spacial score (nSPS) is 12.4. The Morgan fingerprint density at radius 3 is 2.18 bits per heavy atom. The van der Waals surface area contributed by atoms with Crippen molar-refractivity contribution < 1.29 is 5.11 Å². The highest BCUT2D eigenvalue weighted by Crippen LogP contribution is 2.26. The molecule has 0 fully saturated rings. The smallest absolute Gasteiger partial charge is 0.0558 e. The minimum Gasteiger partial charge on any atom is -0.395 e. The van der Waals surface area contributed by atoms with Crippen molar-refractivity contribution in [3.05, 3.63) is 0 Å². The SMILES string of the molecule is CCCNCC(CC)(CC)CN(CC)CCO. The first kappa shape index (κ1) is 16.9. The molecule has 0 amide bonds. The molecule has 104 valence electrons. The molecule has 0 aliphatic heterocycles. The zero-order valence-electron chi connectivity index (χ0n) is 12.3. The molecule has 2 N–H and O–H groups in total. The predicted octanol–water partition coefficient (Wildman–Crippen LogP) is 2.11. The van der Waals surface area contributed by atoms with Crippen LogP contribution in [0, 0.1) is 5.41 Å². The lowest BCUT2D eigenvalue weighted by molar-refractivity contribution is 0.118. The molecule has 0 heterocycles. The fourth-order valence-corrected chi connectivity index (χ4v) is 2.27. The van der Waals surface area contributed by atoms with E-state index in [0.29, 0.717) is 5.41 Å². The predicted molar refractivity (Wildman–Crippen MR) is 75.4 cm³/mol. The number of hydrogen-bond acceptors (Lipinski definition) is 3. The molecule has 0 saturated heterocycles. The quantitative estimate of drug-likeness (QED) is 0.546. The Balaban J connectivity index is 4.34. The second-order valence-corrected chi connectivity index (χ2v) is 4.98. The molecule has 0 bridgehead atoms. The van der Waals surface area contributed by atoms with Gasteiger partial charge in [-0.3, -0.25) is 0 Å². The van der Waals surface area contributed by atoms with E-state index >= 15 is 0 Å². The van der Waals surface area contributed by atoms with Gasteiger partial charge in [0.1, 0.15) is 0 Å². The summed E-state index contributed by atoms with van der Waals surface area (Å²) < 4.78 is 0. The van der Waals surface area contributed by atoms with Gasteiger partial charge in [-0.25, -0.2) is 0 Å². The molecule has 0 aromatic carbocycles. The fourth-order valence-electron chi connectivity index (χ4n) is 2.27. The highest BCUT2D eigenvalue weighted by molar-refractivity contribution is 4.82. The van der Waals surface area contributed by atoms with Crippen LogP contribution < -0.4 is 5.32 Å². The van der Waals surface area contributed by atoms with E-state index < -0.39 is 0 Å². The third-order valence-electron chi connectivity index (χ3n) is 3.85. The summed E-state index contributed by atoms with van der Waals surface area (Å²) in [5.74, 6) is 0. The number of likely N-dealkylation sites (N-methyl/N-ethyl adjacent to an activating group) is 1. The van der Waals surface area contributed by atoms with Gasteiger partial charge in [-0.15, -0.1) is 0 Å². The largest absolute Gasteiger partial charge is 0.395 e. The van der Waals surface area contributed by atoms with Crippen molar-refractivity contribution in [2.45, 2.75) is 47.0 Å². The maximum absolute atomic E-state index is 9.07. The van der Waals surface area contributed by atoms with Crippen molar-refractivity contribution in [1.82, 2.24) is 10.2 Å². The molecule has 0 radical (unpaired) electrons. The molecular weight excluding hydrogens is 212 g/mol. The Hall–Kier alpha value is -0.120. The molecule has 3 nitrogen and oxygen atoms in total. The van der Waals surface area contributed by atoms with Crippen LogP contribution in [-0.4, -0.2) is 49.3 Å². The minimum absolute atomic E-state index is 0.264. The topological polar surface area (TPSA) is 35.5 Å². The maximum atomic E-state index is 9.07. The van der Waals surface area contributed by atoms with E-state index in [2.05, 4.69) is 37.9 Å². The van der Waals surface area contributed by atoms with Crippen molar-refractivity contribution in [3.8, 4) is 0 Å². The number of aliphatic hydroxyl groups excluding tert-OH is 1. The summed E-state index contributed by atoms with van der Waals surface area (Å²) in [6.45, 7) is 14.3. The van der Waals surface area contributed by atoms with Crippen molar-refractivity contribution >= 4 is 0 Å². The van der Waals surface area contributed by atoms with Gasteiger partial charge in [-0.1, -0.05) is 27.7 Å².